The molecular formula is C11H23N5. The Hall–Kier alpha value is -0.810. The fourth-order valence-corrected chi connectivity index (χ4v) is 3.13. The molecule has 0 radical (unpaired) electrons. The van der Waals surface area contributed by atoms with Gasteiger partial charge in [0, 0.05) is 12.1 Å². The van der Waals surface area contributed by atoms with Crippen LogP contribution in [0.3, 0.4) is 0 Å². The average Bonchev–Trinajstić information content (AvgIpc) is 2.19. The molecule has 2 aliphatic rings. The molecule has 5 nitrogen and oxygen atoms in total. The summed E-state index contributed by atoms with van der Waals surface area (Å²) in [5.74, 6) is 1.55. The van der Waals surface area contributed by atoms with E-state index in [-0.39, 0.29) is 12.2 Å². The first kappa shape index (κ1) is 11.7. The third-order valence-electron chi connectivity index (χ3n) is 3.96. The van der Waals surface area contributed by atoms with Gasteiger partial charge in [-0.05, 0) is 31.6 Å². The molecule has 2 fully saturated rings. The van der Waals surface area contributed by atoms with E-state index in [9.17, 15) is 0 Å². The number of rotatable bonds is 1. The lowest BCUT2D eigenvalue weighted by Gasteiger charge is -2.46. The zero-order valence-corrected chi connectivity index (χ0v) is 10.1. The van der Waals surface area contributed by atoms with Gasteiger partial charge >= 0.3 is 0 Å². The van der Waals surface area contributed by atoms with Gasteiger partial charge in [0.1, 0.15) is 0 Å². The highest BCUT2D eigenvalue weighted by atomic mass is 15.3. The van der Waals surface area contributed by atoms with Crippen molar-refractivity contribution in [2.45, 2.75) is 51.5 Å². The second-order valence-electron chi connectivity index (χ2n) is 5.18. The van der Waals surface area contributed by atoms with Crippen molar-refractivity contribution in [3.05, 3.63) is 0 Å². The van der Waals surface area contributed by atoms with Crippen molar-refractivity contribution < 1.29 is 0 Å². The second-order valence-corrected chi connectivity index (χ2v) is 5.18. The van der Waals surface area contributed by atoms with Crippen LogP contribution < -0.4 is 22.1 Å². The standard InChI is InChI=1S/C11H23N5/c1-6-4-3-5-8-7(2)14-11(15-9(6)8)16-10(12)13/h6-9,11,14-15H,3-5H2,1-2H3,(H4,12,13,16). The lowest BCUT2D eigenvalue weighted by atomic mass is 9.73. The molecular weight excluding hydrogens is 202 g/mol. The highest BCUT2D eigenvalue weighted by Gasteiger charge is 2.39. The molecule has 1 saturated carbocycles. The number of hydrogen-bond donors (Lipinski definition) is 4. The molecule has 0 bridgehead atoms. The molecule has 1 saturated heterocycles. The van der Waals surface area contributed by atoms with E-state index < -0.39 is 0 Å². The van der Waals surface area contributed by atoms with Crippen LogP contribution >= 0.6 is 0 Å². The van der Waals surface area contributed by atoms with Crippen molar-refractivity contribution >= 4 is 5.96 Å². The van der Waals surface area contributed by atoms with E-state index in [1.165, 1.54) is 19.3 Å². The van der Waals surface area contributed by atoms with Crippen LogP contribution in [0, 0.1) is 11.8 Å². The maximum absolute atomic E-state index is 5.42. The van der Waals surface area contributed by atoms with E-state index in [4.69, 9.17) is 11.5 Å². The average molecular weight is 225 g/mol. The third kappa shape index (κ3) is 2.30. The Labute approximate surface area is 97.1 Å². The highest BCUT2D eigenvalue weighted by Crippen LogP contribution is 2.33. The Bertz CT molecular complexity index is 274. The number of fused-ring (bicyclic) bond motifs is 1. The smallest absolute Gasteiger partial charge is 0.188 e. The van der Waals surface area contributed by atoms with E-state index in [1.807, 2.05) is 0 Å². The first-order chi connectivity index (χ1) is 7.58. The molecule has 16 heavy (non-hydrogen) atoms. The molecule has 0 aromatic heterocycles. The van der Waals surface area contributed by atoms with Crippen LogP contribution in [0.15, 0.2) is 4.99 Å². The molecule has 0 spiro atoms. The lowest BCUT2D eigenvalue weighted by molar-refractivity contribution is 0.0938. The summed E-state index contributed by atoms with van der Waals surface area (Å²) >= 11 is 0. The van der Waals surface area contributed by atoms with Crippen LogP contribution in [0.25, 0.3) is 0 Å². The van der Waals surface area contributed by atoms with Gasteiger partial charge in [0.25, 0.3) is 0 Å². The Balaban J connectivity index is 2.08. The van der Waals surface area contributed by atoms with Gasteiger partial charge in [-0.1, -0.05) is 13.3 Å². The first-order valence-electron chi connectivity index (χ1n) is 6.19. The third-order valence-corrected chi connectivity index (χ3v) is 3.96. The van der Waals surface area contributed by atoms with Gasteiger partial charge in [0.05, 0.1) is 0 Å². The van der Waals surface area contributed by atoms with E-state index in [0.29, 0.717) is 23.9 Å². The van der Waals surface area contributed by atoms with Gasteiger partial charge in [-0.2, -0.15) is 0 Å². The number of hydrogen-bond acceptors (Lipinski definition) is 3. The molecule has 5 atom stereocenters. The second kappa shape index (κ2) is 4.59. The van der Waals surface area contributed by atoms with E-state index >= 15 is 0 Å². The van der Waals surface area contributed by atoms with Crippen molar-refractivity contribution in [1.29, 1.82) is 0 Å². The van der Waals surface area contributed by atoms with Gasteiger partial charge < -0.3 is 11.5 Å². The molecule has 92 valence electrons. The van der Waals surface area contributed by atoms with Crippen LogP contribution in [0.1, 0.15) is 33.1 Å². The number of nitrogens with zero attached hydrogens (tertiary/aromatic N) is 1. The summed E-state index contributed by atoms with van der Waals surface area (Å²) in [7, 11) is 0. The Morgan fingerprint density at radius 3 is 2.62 bits per heavy atom. The van der Waals surface area contributed by atoms with Gasteiger partial charge in [0.2, 0.25) is 0 Å². The molecule has 1 aliphatic heterocycles. The normalized spacial score (nSPS) is 43.5. The van der Waals surface area contributed by atoms with Gasteiger partial charge in [-0.3, -0.25) is 10.6 Å². The number of nitrogens with two attached hydrogens (primary N) is 2. The van der Waals surface area contributed by atoms with Crippen molar-refractivity contribution in [3.63, 3.8) is 0 Å². The maximum Gasteiger partial charge on any atom is 0.188 e. The van der Waals surface area contributed by atoms with Crippen molar-refractivity contribution in [3.8, 4) is 0 Å². The summed E-state index contributed by atoms with van der Waals surface area (Å²) in [6, 6.07) is 1.01. The minimum atomic E-state index is -0.123. The summed E-state index contributed by atoms with van der Waals surface area (Å²) in [4.78, 5) is 4.16. The predicted molar refractivity (Wildman–Crippen MR) is 65.6 cm³/mol. The largest absolute Gasteiger partial charge is 0.370 e. The molecule has 2 rings (SSSR count). The monoisotopic (exact) mass is 225 g/mol. The molecule has 0 amide bonds. The maximum atomic E-state index is 5.42. The van der Waals surface area contributed by atoms with E-state index in [0.717, 1.165) is 0 Å². The zero-order chi connectivity index (χ0) is 11.7. The van der Waals surface area contributed by atoms with Crippen LogP contribution in [0.5, 0.6) is 0 Å². The molecule has 5 unspecified atom stereocenters. The predicted octanol–water partition coefficient (Wildman–Crippen LogP) is -0.0705. The summed E-state index contributed by atoms with van der Waals surface area (Å²) in [5, 5.41) is 6.92. The van der Waals surface area contributed by atoms with E-state index in [2.05, 4.69) is 29.5 Å². The topological polar surface area (TPSA) is 88.5 Å². The Morgan fingerprint density at radius 2 is 1.94 bits per heavy atom. The molecule has 0 aromatic rings. The fourth-order valence-electron chi connectivity index (χ4n) is 3.13. The summed E-state index contributed by atoms with van der Waals surface area (Å²) in [5.41, 5.74) is 10.8. The van der Waals surface area contributed by atoms with E-state index in [1.54, 1.807) is 0 Å². The molecule has 1 heterocycles. The van der Waals surface area contributed by atoms with Crippen LogP contribution in [0.4, 0.5) is 0 Å². The van der Waals surface area contributed by atoms with Gasteiger partial charge in [-0.25, -0.2) is 4.99 Å². The SMILES string of the molecule is CC1CCCC2C(C)NC(N=C(N)N)NC12. The molecule has 5 heteroatoms. The number of nitrogens with one attached hydrogen (secondary N) is 2. The van der Waals surface area contributed by atoms with Crippen molar-refractivity contribution in [1.82, 2.24) is 10.6 Å². The van der Waals surface area contributed by atoms with Crippen LogP contribution in [0.2, 0.25) is 0 Å². The fraction of sp³-hybridized carbons (Fsp3) is 0.909. The quantitative estimate of drug-likeness (QED) is 0.371. The number of aliphatic imine (C=N–C) groups is 1. The van der Waals surface area contributed by atoms with Crippen molar-refractivity contribution in [2.24, 2.45) is 28.3 Å². The summed E-state index contributed by atoms with van der Waals surface area (Å²) in [6.07, 6.45) is 3.81. The zero-order valence-electron chi connectivity index (χ0n) is 10.1. The molecule has 6 N–H and O–H groups in total. The van der Waals surface area contributed by atoms with Crippen LogP contribution in [-0.2, 0) is 0 Å². The Kier molecular flexibility index (Phi) is 3.35. The minimum Gasteiger partial charge on any atom is -0.370 e. The molecule has 0 aromatic carbocycles. The minimum absolute atomic E-state index is 0.123. The number of guanidine groups is 1. The van der Waals surface area contributed by atoms with Crippen LogP contribution in [-0.4, -0.2) is 24.3 Å². The summed E-state index contributed by atoms with van der Waals surface area (Å²) < 4.78 is 0. The van der Waals surface area contributed by atoms with Crippen molar-refractivity contribution in [2.75, 3.05) is 0 Å². The highest BCUT2D eigenvalue weighted by molar-refractivity contribution is 5.75. The first-order valence-corrected chi connectivity index (χ1v) is 6.19. The Morgan fingerprint density at radius 1 is 1.19 bits per heavy atom. The van der Waals surface area contributed by atoms with Gasteiger partial charge in [-0.15, -0.1) is 0 Å². The van der Waals surface area contributed by atoms with Gasteiger partial charge in [0.15, 0.2) is 12.2 Å². The molecule has 1 aliphatic carbocycles. The lowest BCUT2D eigenvalue weighted by Crippen LogP contribution is -2.64. The summed E-state index contributed by atoms with van der Waals surface area (Å²) in [6.45, 7) is 4.54.